The van der Waals surface area contributed by atoms with E-state index in [2.05, 4.69) is 52.8 Å². The molecule has 2 aliphatic rings. The minimum atomic E-state index is 0.336. The van der Waals surface area contributed by atoms with Crippen LogP contribution in [0, 0.1) is 0 Å². The molecular formula is C18H24. The molecule has 18 heavy (non-hydrogen) atoms. The van der Waals surface area contributed by atoms with Crippen LogP contribution in [-0.2, 0) is 17.3 Å². The highest BCUT2D eigenvalue weighted by Gasteiger charge is 2.37. The summed E-state index contributed by atoms with van der Waals surface area (Å²) in [5.41, 5.74) is 8.37. The third kappa shape index (κ3) is 1.58. The predicted molar refractivity (Wildman–Crippen MR) is 79.1 cm³/mol. The summed E-state index contributed by atoms with van der Waals surface area (Å²) in [6, 6.07) is 4.99. The Morgan fingerprint density at radius 3 is 2.06 bits per heavy atom. The van der Waals surface area contributed by atoms with Gasteiger partial charge in [0.05, 0.1) is 0 Å². The highest BCUT2D eigenvalue weighted by molar-refractivity contribution is 5.73. The van der Waals surface area contributed by atoms with E-state index >= 15 is 0 Å². The highest BCUT2D eigenvalue weighted by atomic mass is 14.4. The zero-order valence-electron chi connectivity index (χ0n) is 12.4. The second-order valence-electron chi connectivity index (χ2n) is 7.41. The maximum Gasteiger partial charge on any atom is -0.00854 e. The number of hydrogen-bond donors (Lipinski definition) is 0. The number of rotatable bonds is 0. The molecule has 1 aromatic carbocycles. The molecule has 0 spiro atoms. The van der Waals surface area contributed by atoms with Crippen molar-refractivity contribution in [3.63, 3.8) is 0 Å². The van der Waals surface area contributed by atoms with E-state index in [-0.39, 0.29) is 0 Å². The van der Waals surface area contributed by atoms with Crippen molar-refractivity contribution in [2.45, 2.75) is 64.7 Å². The van der Waals surface area contributed by atoms with E-state index in [0.29, 0.717) is 10.8 Å². The van der Waals surface area contributed by atoms with E-state index in [1.807, 2.05) is 0 Å². The third-order valence-corrected chi connectivity index (χ3v) is 5.13. The van der Waals surface area contributed by atoms with Gasteiger partial charge in [-0.25, -0.2) is 0 Å². The van der Waals surface area contributed by atoms with E-state index in [0.717, 1.165) is 6.42 Å². The fraction of sp³-hybridized carbons (Fsp3) is 0.556. The summed E-state index contributed by atoms with van der Waals surface area (Å²) in [4.78, 5) is 0. The van der Waals surface area contributed by atoms with E-state index < -0.39 is 0 Å². The normalized spacial score (nSPS) is 23.3. The minimum Gasteiger partial charge on any atom is -0.0766 e. The summed E-state index contributed by atoms with van der Waals surface area (Å²) >= 11 is 0. The second-order valence-corrected chi connectivity index (χ2v) is 7.41. The highest BCUT2D eigenvalue weighted by Crippen LogP contribution is 2.47. The molecule has 2 aliphatic carbocycles. The zero-order chi connectivity index (χ0) is 13.1. The molecular weight excluding hydrogens is 216 g/mol. The summed E-state index contributed by atoms with van der Waals surface area (Å²) in [6.07, 6.45) is 6.10. The summed E-state index contributed by atoms with van der Waals surface area (Å²) < 4.78 is 0. The number of hydrogen-bond acceptors (Lipinski definition) is 0. The van der Waals surface area contributed by atoms with Gasteiger partial charge in [-0.05, 0) is 64.8 Å². The second kappa shape index (κ2) is 3.50. The zero-order valence-corrected chi connectivity index (χ0v) is 12.4. The van der Waals surface area contributed by atoms with Crippen LogP contribution >= 0.6 is 0 Å². The maximum atomic E-state index is 2.50. The fourth-order valence-electron chi connectivity index (χ4n) is 3.57. The monoisotopic (exact) mass is 240 g/mol. The molecule has 3 rings (SSSR count). The Bertz CT molecular complexity index is 541. The molecule has 0 aliphatic heterocycles. The van der Waals surface area contributed by atoms with Gasteiger partial charge in [0.15, 0.2) is 0 Å². The molecule has 0 fully saturated rings. The van der Waals surface area contributed by atoms with Crippen molar-refractivity contribution in [1.29, 1.82) is 0 Å². The Morgan fingerprint density at radius 1 is 0.889 bits per heavy atom. The third-order valence-electron chi connectivity index (χ3n) is 5.13. The molecule has 0 amide bonds. The Kier molecular flexibility index (Phi) is 2.33. The Hall–Kier alpha value is -1.04. The van der Waals surface area contributed by atoms with E-state index in [9.17, 15) is 0 Å². The molecule has 0 nitrogen and oxygen atoms in total. The van der Waals surface area contributed by atoms with E-state index in [1.54, 1.807) is 11.1 Å². The number of allylic oxidation sites excluding steroid dienone is 2. The van der Waals surface area contributed by atoms with Crippen molar-refractivity contribution in [3.8, 4) is 0 Å². The summed E-state index contributed by atoms with van der Waals surface area (Å²) in [7, 11) is 0. The van der Waals surface area contributed by atoms with Crippen molar-refractivity contribution < 1.29 is 0 Å². The first-order valence-electron chi connectivity index (χ1n) is 7.16. The van der Waals surface area contributed by atoms with Crippen LogP contribution in [0.2, 0.25) is 0 Å². The van der Waals surface area contributed by atoms with Gasteiger partial charge in [-0.3, -0.25) is 0 Å². The summed E-state index contributed by atoms with van der Waals surface area (Å²) in [6.45, 7) is 11.9. The van der Waals surface area contributed by atoms with Crippen LogP contribution in [0.25, 0.3) is 5.57 Å². The summed E-state index contributed by atoms with van der Waals surface area (Å²) in [5, 5.41) is 0. The molecule has 0 saturated carbocycles. The van der Waals surface area contributed by atoms with Crippen molar-refractivity contribution in [3.05, 3.63) is 40.5 Å². The fourth-order valence-corrected chi connectivity index (χ4v) is 3.57. The number of benzene rings is 1. The van der Waals surface area contributed by atoms with Gasteiger partial charge in [-0.15, -0.1) is 0 Å². The van der Waals surface area contributed by atoms with Crippen LogP contribution in [-0.4, -0.2) is 0 Å². The lowest BCUT2D eigenvalue weighted by molar-refractivity contribution is 0.331. The molecule has 0 saturated heterocycles. The van der Waals surface area contributed by atoms with Gasteiger partial charge >= 0.3 is 0 Å². The van der Waals surface area contributed by atoms with Crippen molar-refractivity contribution in [1.82, 2.24) is 0 Å². The van der Waals surface area contributed by atoms with Crippen LogP contribution in [0.4, 0.5) is 0 Å². The SMILES string of the molecule is CC1=CCc2cc3c(cc21)C(C)(C)CCC3(C)C. The van der Waals surface area contributed by atoms with Gasteiger partial charge in [0.25, 0.3) is 0 Å². The molecule has 0 unspecified atom stereocenters. The van der Waals surface area contributed by atoms with Crippen LogP contribution in [0.1, 0.15) is 69.7 Å². The van der Waals surface area contributed by atoms with Gasteiger partial charge in [-0.1, -0.05) is 45.9 Å². The first-order valence-corrected chi connectivity index (χ1v) is 7.16. The largest absolute Gasteiger partial charge is 0.0766 e. The van der Waals surface area contributed by atoms with Gasteiger partial charge in [-0.2, -0.15) is 0 Å². The van der Waals surface area contributed by atoms with Gasteiger partial charge in [0, 0.05) is 0 Å². The smallest absolute Gasteiger partial charge is 0.00854 e. The average molecular weight is 240 g/mol. The van der Waals surface area contributed by atoms with E-state index in [4.69, 9.17) is 0 Å². The molecule has 0 radical (unpaired) electrons. The maximum absolute atomic E-state index is 2.50. The molecule has 0 bridgehead atoms. The quantitative estimate of drug-likeness (QED) is 0.599. The molecule has 96 valence electrons. The Morgan fingerprint density at radius 2 is 1.44 bits per heavy atom. The first-order chi connectivity index (χ1) is 8.31. The molecule has 0 atom stereocenters. The summed E-state index contributed by atoms with van der Waals surface area (Å²) in [5.74, 6) is 0. The van der Waals surface area contributed by atoms with E-state index in [1.165, 1.54) is 29.5 Å². The lowest BCUT2D eigenvalue weighted by Crippen LogP contribution is -2.34. The molecule has 0 heteroatoms. The first kappa shape index (κ1) is 12.0. The van der Waals surface area contributed by atoms with Crippen molar-refractivity contribution >= 4 is 5.57 Å². The Balaban J connectivity index is 2.26. The van der Waals surface area contributed by atoms with Gasteiger partial charge in [0.1, 0.15) is 0 Å². The molecule has 0 aromatic heterocycles. The standard InChI is InChI=1S/C18H24/c1-12-6-7-13-10-15-16(11-14(12)13)18(4,5)9-8-17(15,2)3/h6,10-11H,7-9H2,1-5H3. The van der Waals surface area contributed by atoms with Crippen molar-refractivity contribution in [2.75, 3.05) is 0 Å². The van der Waals surface area contributed by atoms with Crippen LogP contribution in [0.5, 0.6) is 0 Å². The van der Waals surface area contributed by atoms with Crippen LogP contribution in [0.15, 0.2) is 18.2 Å². The van der Waals surface area contributed by atoms with Crippen LogP contribution < -0.4 is 0 Å². The molecule has 0 heterocycles. The molecule has 1 aromatic rings. The molecule has 0 N–H and O–H groups in total. The predicted octanol–water partition coefficient (Wildman–Crippen LogP) is 5.00. The lowest BCUT2D eigenvalue weighted by atomic mass is 9.62. The topological polar surface area (TPSA) is 0 Å². The average Bonchev–Trinajstić information content (AvgIpc) is 2.66. The minimum absolute atomic E-state index is 0.336. The lowest BCUT2D eigenvalue weighted by Gasteiger charge is -2.42. The van der Waals surface area contributed by atoms with Crippen LogP contribution in [0.3, 0.4) is 0 Å². The van der Waals surface area contributed by atoms with Gasteiger partial charge < -0.3 is 0 Å². The number of fused-ring (bicyclic) bond motifs is 2. The Labute approximate surface area is 111 Å². The van der Waals surface area contributed by atoms with Gasteiger partial charge in [0.2, 0.25) is 0 Å². The van der Waals surface area contributed by atoms with Crippen molar-refractivity contribution in [2.24, 2.45) is 0 Å².